The number of hydrogen-bond donors (Lipinski definition) is 0. The van der Waals surface area contributed by atoms with E-state index in [1.807, 2.05) is 17.0 Å². The zero-order valence-electron chi connectivity index (χ0n) is 13.1. The van der Waals surface area contributed by atoms with Crippen molar-refractivity contribution in [3.63, 3.8) is 0 Å². The average Bonchev–Trinajstić information content (AvgIpc) is 2.89. The van der Waals surface area contributed by atoms with Crippen molar-refractivity contribution in [2.45, 2.75) is 77.7 Å². The Bertz CT molecular complexity index is 333. The van der Waals surface area contributed by atoms with Crippen LogP contribution in [0.2, 0.25) is 0 Å². The molecule has 0 aliphatic rings. The molecule has 0 unspecified atom stereocenters. The van der Waals surface area contributed by atoms with Crippen LogP contribution in [-0.4, -0.2) is 4.57 Å². The molecule has 0 aliphatic carbocycles. The van der Waals surface area contributed by atoms with Crippen molar-refractivity contribution in [3.05, 3.63) is 25.3 Å². The molecule has 116 valence electrons. The first kappa shape index (κ1) is 19.2. The molecule has 1 aromatic heterocycles. The van der Waals surface area contributed by atoms with Crippen molar-refractivity contribution in [3.8, 4) is 0 Å². The Balaban J connectivity index is 0.00000361. The first-order chi connectivity index (χ1) is 9.36. The summed E-state index contributed by atoms with van der Waals surface area (Å²) in [4.78, 5) is 0. The lowest BCUT2D eigenvalue weighted by atomic mass is 10.1. The summed E-state index contributed by atoms with van der Waals surface area (Å²) in [7, 11) is 0. The Morgan fingerprint density at radius 3 is 2.00 bits per heavy atom. The molecule has 0 amide bonds. The third kappa shape index (κ3) is 9.19. The fraction of sp³-hybridized carbons (Fsp3) is 0.706. The van der Waals surface area contributed by atoms with Crippen molar-refractivity contribution in [2.75, 3.05) is 0 Å². The van der Waals surface area contributed by atoms with Gasteiger partial charge in [-0.05, 0) is 12.8 Å². The molecule has 0 saturated heterocycles. The van der Waals surface area contributed by atoms with Crippen molar-refractivity contribution in [1.29, 1.82) is 0 Å². The Morgan fingerprint density at radius 1 is 0.950 bits per heavy atom. The molecule has 0 aliphatic heterocycles. The van der Waals surface area contributed by atoms with E-state index >= 15 is 0 Å². The third-order valence-electron chi connectivity index (χ3n) is 3.69. The highest BCUT2D eigenvalue weighted by Gasteiger charge is 2.00. The highest BCUT2D eigenvalue weighted by atomic mass is 35.5. The molecule has 0 radical (unpaired) electrons. The van der Waals surface area contributed by atoms with Gasteiger partial charge >= 0.3 is 0 Å². The summed E-state index contributed by atoms with van der Waals surface area (Å²) in [5, 5.41) is 0. The van der Waals surface area contributed by atoms with Crippen LogP contribution in [0.3, 0.4) is 0 Å². The van der Waals surface area contributed by atoms with Crippen molar-refractivity contribution < 1.29 is 17.0 Å². The molecule has 0 N–H and O–H groups in total. The van der Waals surface area contributed by atoms with Crippen LogP contribution >= 0.6 is 0 Å². The zero-order valence-corrected chi connectivity index (χ0v) is 13.8. The zero-order chi connectivity index (χ0) is 13.8. The number of halogens is 1. The first-order valence-electron chi connectivity index (χ1n) is 8.06. The summed E-state index contributed by atoms with van der Waals surface area (Å²) in [5.74, 6) is 0. The fourth-order valence-corrected chi connectivity index (χ4v) is 2.43. The average molecular weight is 299 g/mol. The summed E-state index contributed by atoms with van der Waals surface area (Å²) in [6, 6.07) is 0. The second-order valence-corrected chi connectivity index (χ2v) is 5.46. The molecule has 20 heavy (non-hydrogen) atoms. The predicted octanol–water partition coefficient (Wildman–Crippen LogP) is 1.80. The number of nitrogens with zero attached hydrogens (tertiary/aromatic N) is 2. The highest BCUT2D eigenvalue weighted by molar-refractivity contribution is 5.12. The van der Waals surface area contributed by atoms with Crippen LogP contribution in [0.25, 0.3) is 6.20 Å². The summed E-state index contributed by atoms with van der Waals surface area (Å²) < 4.78 is 4.24. The van der Waals surface area contributed by atoms with E-state index in [0.29, 0.717) is 0 Å². The van der Waals surface area contributed by atoms with Crippen LogP contribution in [0.4, 0.5) is 0 Å². The quantitative estimate of drug-likeness (QED) is 0.411. The molecule has 0 aromatic carbocycles. The Kier molecular flexibility index (Phi) is 12.7. The van der Waals surface area contributed by atoms with E-state index in [9.17, 15) is 0 Å². The van der Waals surface area contributed by atoms with E-state index in [4.69, 9.17) is 0 Å². The second kappa shape index (κ2) is 13.2. The lowest BCUT2D eigenvalue weighted by Gasteiger charge is -2.01. The predicted molar refractivity (Wildman–Crippen MR) is 82.9 cm³/mol. The lowest BCUT2D eigenvalue weighted by Crippen LogP contribution is -3.00. The van der Waals surface area contributed by atoms with Gasteiger partial charge in [-0.1, -0.05) is 64.9 Å². The summed E-state index contributed by atoms with van der Waals surface area (Å²) in [6.45, 7) is 7.17. The minimum Gasteiger partial charge on any atom is -1.00 e. The van der Waals surface area contributed by atoms with Gasteiger partial charge in [-0.3, -0.25) is 0 Å². The summed E-state index contributed by atoms with van der Waals surface area (Å²) in [6.07, 6.45) is 22.1. The third-order valence-corrected chi connectivity index (χ3v) is 3.69. The van der Waals surface area contributed by atoms with Gasteiger partial charge < -0.3 is 12.4 Å². The van der Waals surface area contributed by atoms with Crippen molar-refractivity contribution >= 4 is 6.20 Å². The van der Waals surface area contributed by atoms with Gasteiger partial charge in [-0.25, -0.2) is 9.13 Å². The van der Waals surface area contributed by atoms with Crippen LogP contribution in [-0.2, 0) is 6.54 Å². The normalized spacial score (nSPS) is 10.2. The number of unbranched alkanes of at least 4 members (excludes halogenated alkanes) is 9. The molecular weight excluding hydrogens is 268 g/mol. The molecule has 1 aromatic rings. The molecule has 1 heterocycles. The first-order valence-corrected chi connectivity index (χ1v) is 8.06. The van der Waals surface area contributed by atoms with E-state index in [0.717, 1.165) is 6.54 Å². The number of hydrogen-bond acceptors (Lipinski definition) is 0. The molecule has 0 bridgehead atoms. The molecule has 1 rings (SSSR count). The molecule has 0 fully saturated rings. The van der Waals surface area contributed by atoms with E-state index in [1.54, 1.807) is 0 Å². The van der Waals surface area contributed by atoms with Crippen molar-refractivity contribution in [1.82, 2.24) is 4.57 Å². The van der Waals surface area contributed by atoms with E-state index in [-0.39, 0.29) is 12.4 Å². The van der Waals surface area contributed by atoms with Crippen LogP contribution in [0.1, 0.15) is 71.1 Å². The summed E-state index contributed by atoms with van der Waals surface area (Å²) in [5.41, 5.74) is 0. The monoisotopic (exact) mass is 298 g/mol. The molecule has 3 heteroatoms. The van der Waals surface area contributed by atoms with Gasteiger partial charge in [0.1, 0.15) is 12.4 Å². The van der Waals surface area contributed by atoms with Crippen LogP contribution in [0, 0.1) is 0 Å². The summed E-state index contributed by atoms with van der Waals surface area (Å²) >= 11 is 0. The second-order valence-electron chi connectivity index (χ2n) is 5.46. The minimum absolute atomic E-state index is 0. The standard InChI is InChI=1S/C17H31N2.ClH/c1-3-5-6-7-8-9-10-11-12-13-14-19-16-15-18(4-2)17-19;/h4,15-17H,2-3,5-14H2,1H3;1H/q+1;/p-1. The number of rotatable bonds is 12. The number of aryl methyl sites for hydroxylation is 1. The van der Waals surface area contributed by atoms with E-state index in [1.165, 1.54) is 64.2 Å². The maximum atomic E-state index is 3.75. The number of aromatic nitrogens is 2. The SMILES string of the molecule is C=Cn1cc[n+](CCCCCCCCCCCC)c1.[Cl-]. The molecule has 0 atom stereocenters. The molecular formula is C17H31ClN2. The topological polar surface area (TPSA) is 8.81 Å². The van der Waals surface area contributed by atoms with Gasteiger partial charge in [0.05, 0.1) is 12.7 Å². The van der Waals surface area contributed by atoms with Crippen LogP contribution in [0.5, 0.6) is 0 Å². The largest absolute Gasteiger partial charge is 1.00 e. The van der Waals surface area contributed by atoms with Gasteiger partial charge in [0.15, 0.2) is 0 Å². The van der Waals surface area contributed by atoms with E-state index < -0.39 is 0 Å². The van der Waals surface area contributed by atoms with Crippen LogP contribution < -0.4 is 17.0 Å². The lowest BCUT2D eigenvalue weighted by molar-refractivity contribution is -0.696. The number of imidazole rings is 1. The Labute approximate surface area is 131 Å². The molecule has 2 nitrogen and oxygen atoms in total. The Hall–Kier alpha value is -0.760. The van der Waals surface area contributed by atoms with Gasteiger partial charge in [0.2, 0.25) is 6.33 Å². The molecule has 0 saturated carbocycles. The maximum absolute atomic E-state index is 3.75. The van der Waals surface area contributed by atoms with Gasteiger partial charge in [-0.15, -0.1) is 0 Å². The minimum atomic E-state index is 0. The van der Waals surface area contributed by atoms with E-state index in [2.05, 4.69) is 30.6 Å². The smallest absolute Gasteiger partial charge is 0.248 e. The van der Waals surface area contributed by atoms with Crippen molar-refractivity contribution in [2.24, 2.45) is 0 Å². The highest BCUT2D eigenvalue weighted by Crippen LogP contribution is 2.10. The fourth-order valence-electron chi connectivity index (χ4n) is 2.43. The van der Waals surface area contributed by atoms with Gasteiger partial charge in [0, 0.05) is 0 Å². The van der Waals surface area contributed by atoms with Gasteiger partial charge in [-0.2, -0.15) is 0 Å². The van der Waals surface area contributed by atoms with Gasteiger partial charge in [0.25, 0.3) is 0 Å². The maximum Gasteiger partial charge on any atom is 0.248 e. The van der Waals surface area contributed by atoms with Crippen LogP contribution in [0.15, 0.2) is 25.3 Å². The Morgan fingerprint density at radius 2 is 1.50 bits per heavy atom. The molecule has 0 spiro atoms.